The normalized spacial score (nSPS) is 9.55. The molecule has 11 heavy (non-hydrogen) atoms. The summed E-state index contributed by atoms with van der Waals surface area (Å²) in [5, 5.41) is 0. The number of rotatable bonds is 4. The topological polar surface area (TPSA) is 34.1 Å². The fraction of sp³-hybridized carbons (Fsp3) is 0.375. The van der Waals surface area contributed by atoms with Crippen molar-refractivity contribution in [2.75, 3.05) is 12.1 Å². The first-order valence-corrected chi connectivity index (χ1v) is 3.72. The summed E-state index contributed by atoms with van der Waals surface area (Å²) in [4.78, 5) is 9.07. The molecule has 1 rings (SSSR count). The minimum absolute atomic E-state index is 0.705. The van der Waals surface area contributed by atoms with Crippen LogP contribution >= 0.6 is 0 Å². The third kappa shape index (κ3) is 3.00. The maximum absolute atomic E-state index is 5.06. The van der Waals surface area contributed by atoms with E-state index in [4.69, 9.17) is 4.84 Å². The van der Waals surface area contributed by atoms with Crippen LogP contribution in [0.5, 0.6) is 0 Å². The standard InChI is InChI=1S/C8H12N2O/c1-2-7-11-10-8-5-3-4-6-9-8/h3-6H,2,7H2,1H3,(H,9,10). The van der Waals surface area contributed by atoms with Crippen LogP contribution in [-0.4, -0.2) is 11.6 Å². The minimum atomic E-state index is 0.705. The van der Waals surface area contributed by atoms with Gasteiger partial charge in [-0.15, -0.1) is 0 Å². The Morgan fingerprint density at radius 1 is 1.55 bits per heavy atom. The van der Waals surface area contributed by atoms with E-state index in [1.54, 1.807) is 6.20 Å². The molecule has 0 aliphatic rings. The number of hydrogen-bond donors (Lipinski definition) is 1. The molecule has 0 saturated carbocycles. The molecule has 0 fully saturated rings. The number of pyridine rings is 1. The number of nitrogens with one attached hydrogen (secondary N) is 1. The van der Waals surface area contributed by atoms with Crippen molar-refractivity contribution in [3.8, 4) is 0 Å². The SMILES string of the molecule is CCCONc1ccccn1. The van der Waals surface area contributed by atoms with Gasteiger partial charge in [0.15, 0.2) is 0 Å². The van der Waals surface area contributed by atoms with E-state index in [1.165, 1.54) is 0 Å². The summed E-state index contributed by atoms with van der Waals surface area (Å²) in [5.41, 5.74) is 2.73. The molecule has 0 atom stereocenters. The summed E-state index contributed by atoms with van der Waals surface area (Å²) in [6, 6.07) is 5.63. The largest absolute Gasteiger partial charge is 0.275 e. The molecule has 0 saturated heterocycles. The second-order valence-corrected chi connectivity index (χ2v) is 2.17. The van der Waals surface area contributed by atoms with Crippen LogP contribution in [0.4, 0.5) is 5.82 Å². The van der Waals surface area contributed by atoms with E-state index < -0.39 is 0 Å². The second kappa shape index (κ2) is 4.68. The van der Waals surface area contributed by atoms with Crippen molar-refractivity contribution in [3.63, 3.8) is 0 Å². The van der Waals surface area contributed by atoms with E-state index in [2.05, 4.69) is 17.4 Å². The van der Waals surface area contributed by atoms with Crippen molar-refractivity contribution >= 4 is 5.82 Å². The fourth-order valence-corrected chi connectivity index (χ4v) is 0.650. The summed E-state index contributed by atoms with van der Waals surface area (Å²) in [6.07, 6.45) is 2.72. The Hall–Kier alpha value is -1.09. The molecule has 0 aliphatic heterocycles. The van der Waals surface area contributed by atoms with Crippen LogP contribution in [0.15, 0.2) is 24.4 Å². The molecule has 0 amide bonds. The van der Waals surface area contributed by atoms with Crippen molar-refractivity contribution < 1.29 is 4.84 Å². The van der Waals surface area contributed by atoms with Gasteiger partial charge in [-0.3, -0.25) is 4.84 Å². The summed E-state index contributed by atoms with van der Waals surface area (Å²) in [6.45, 7) is 2.76. The van der Waals surface area contributed by atoms with Crippen LogP contribution < -0.4 is 5.48 Å². The van der Waals surface area contributed by atoms with E-state index >= 15 is 0 Å². The first-order valence-electron chi connectivity index (χ1n) is 3.72. The van der Waals surface area contributed by atoms with Crippen molar-refractivity contribution in [1.29, 1.82) is 0 Å². The van der Waals surface area contributed by atoms with E-state index in [9.17, 15) is 0 Å². The van der Waals surface area contributed by atoms with Gasteiger partial charge in [-0.2, -0.15) is 0 Å². The fourth-order valence-electron chi connectivity index (χ4n) is 0.650. The van der Waals surface area contributed by atoms with Gasteiger partial charge in [-0.1, -0.05) is 13.0 Å². The Labute approximate surface area is 66.4 Å². The highest BCUT2D eigenvalue weighted by Crippen LogP contribution is 1.98. The second-order valence-electron chi connectivity index (χ2n) is 2.17. The first-order chi connectivity index (χ1) is 5.43. The van der Waals surface area contributed by atoms with Gasteiger partial charge in [0.05, 0.1) is 6.61 Å². The monoisotopic (exact) mass is 152 g/mol. The molecule has 1 aromatic heterocycles. The van der Waals surface area contributed by atoms with Crippen LogP contribution in [-0.2, 0) is 4.84 Å². The molecule has 0 spiro atoms. The third-order valence-electron chi connectivity index (χ3n) is 1.15. The summed E-state index contributed by atoms with van der Waals surface area (Å²) < 4.78 is 0. The lowest BCUT2D eigenvalue weighted by molar-refractivity contribution is 0.193. The van der Waals surface area contributed by atoms with E-state index in [-0.39, 0.29) is 0 Å². The van der Waals surface area contributed by atoms with Crippen LogP contribution in [0.2, 0.25) is 0 Å². The van der Waals surface area contributed by atoms with E-state index in [0.717, 1.165) is 12.2 Å². The lowest BCUT2D eigenvalue weighted by atomic mass is 10.5. The summed E-state index contributed by atoms with van der Waals surface area (Å²) in [7, 11) is 0. The Morgan fingerprint density at radius 3 is 3.09 bits per heavy atom. The predicted molar refractivity (Wildman–Crippen MR) is 44.1 cm³/mol. The molecular formula is C8H12N2O. The van der Waals surface area contributed by atoms with Gasteiger partial charge in [0, 0.05) is 6.20 Å². The van der Waals surface area contributed by atoms with Crippen LogP contribution in [0.1, 0.15) is 13.3 Å². The van der Waals surface area contributed by atoms with Crippen molar-refractivity contribution in [3.05, 3.63) is 24.4 Å². The quantitative estimate of drug-likeness (QED) is 0.528. The van der Waals surface area contributed by atoms with Gasteiger partial charge in [0.2, 0.25) is 0 Å². The Bertz CT molecular complexity index is 189. The molecule has 0 aromatic carbocycles. The van der Waals surface area contributed by atoms with Crippen LogP contribution in [0.25, 0.3) is 0 Å². The highest BCUT2D eigenvalue weighted by Gasteiger charge is 1.87. The Morgan fingerprint density at radius 2 is 2.45 bits per heavy atom. The molecule has 1 aromatic rings. The molecule has 3 nitrogen and oxygen atoms in total. The third-order valence-corrected chi connectivity index (χ3v) is 1.15. The summed E-state index contributed by atoms with van der Waals surface area (Å²) in [5.74, 6) is 0.751. The molecule has 0 radical (unpaired) electrons. The zero-order valence-corrected chi connectivity index (χ0v) is 6.58. The molecule has 0 bridgehead atoms. The van der Waals surface area contributed by atoms with Gasteiger partial charge < -0.3 is 0 Å². The molecular weight excluding hydrogens is 140 g/mol. The molecule has 1 heterocycles. The van der Waals surface area contributed by atoms with Crippen molar-refractivity contribution in [2.24, 2.45) is 0 Å². The number of nitrogens with zero attached hydrogens (tertiary/aromatic N) is 1. The minimum Gasteiger partial charge on any atom is -0.275 e. The highest BCUT2D eigenvalue weighted by molar-refractivity contribution is 5.29. The van der Waals surface area contributed by atoms with Gasteiger partial charge in [-0.05, 0) is 18.6 Å². The highest BCUT2D eigenvalue weighted by atomic mass is 16.6. The maximum Gasteiger partial charge on any atom is 0.149 e. The number of aromatic nitrogens is 1. The molecule has 0 unspecified atom stereocenters. The van der Waals surface area contributed by atoms with E-state index in [0.29, 0.717) is 6.61 Å². The van der Waals surface area contributed by atoms with Crippen LogP contribution in [0.3, 0.4) is 0 Å². The molecule has 1 N–H and O–H groups in total. The van der Waals surface area contributed by atoms with E-state index in [1.807, 2.05) is 18.2 Å². The first kappa shape index (κ1) is 8.01. The number of anilines is 1. The average Bonchev–Trinajstić information content (AvgIpc) is 2.07. The van der Waals surface area contributed by atoms with Crippen molar-refractivity contribution in [1.82, 2.24) is 4.98 Å². The maximum atomic E-state index is 5.06. The lowest BCUT2D eigenvalue weighted by Gasteiger charge is -2.02. The zero-order valence-electron chi connectivity index (χ0n) is 6.58. The van der Waals surface area contributed by atoms with Gasteiger partial charge >= 0.3 is 0 Å². The van der Waals surface area contributed by atoms with Crippen molar-refractivity contribution in [2.45, 2.75) is 13.3 Å². The van der Waals surface area contributed by atoms with Crippen LogP contribution in [0, 0.1) is 0 Å². The van der Waals surface area contributed by atoms with Gasteiger partial charge in [-0.25, -0.2) is 10.5 Å². The predicted octanol–water partition coefficient (Wildman–Crippen LogP) is 1.84. The molecule has 60 valence electrons. The smallest absolute Gasteiger partial charge is 0.149 e. The van der Waals surface area contributed by atoms with Gasteiger partial charge in [0.25, 0.3) is 0 Å². The zero-order chi connectivity index (χ0) is 7.94. The molecule has 3 heteroatoms. The Kier molecular flexibility index (Phi) is 3.41. The molecule has 0 aliphatic carbocycles. The Balaban J connectivity index is 2.28. The number of hydrogen-bond acceptors (Lipinski definition) is 3. The summed E-state index contributed by atoms with van der Waals surface area (Å²) >= 11 is 0. The average molecular weight is 152 g/mol. The lowest BCUT2D eigenvalue weighted by Crippen LogP contribution is -2.02. The van der Waals surface area contributed by atoms with Gasteiger partial charge in [0.1, 0.15) is 5.82 Å².